The van der Waals surface area contributed by atoms with Crippen molar-refractivity contribution >= 4 is 33.5 Å². The van der Waals surface area contributed by atoms with E-state index in [4.69, 9.17) is 20.8 Å². The normalized spacial score (nSPS) is 11.4. The molecule has 0 aromatic heterocycles. The van der Waals surface area contributed by atoms with E-state index in [2.05, 4.69) is 4.98 Å². The highest BCUT2D eigenvalue weighted by Gasteiger charge is 2.22. The van der Waals surface area contributed by atoms with E-state index in [1.807, 2.05) is 18.2 Å². The first-order chi connectivity index (χ1) is 10.7. The molecule has 2 aliphatic rings. The number of benzene rings is 3. The number of rotatable bonds is 1. The fourth-order valence-corrected chi connectivity index (χ4v) is 2.79. The predicted molar refractivity (Wildman–Crippen MR) is 86.0 cm³/mol. The van der Waals surface area contributed by atoms with Crippen LogP contribution >= 0.6 is 11.6 Å². The predicted octanol–water partition coefficient (Wildman–Crippen LogP) is 4.11. The maximum Gasteiger partial charge on any atom is 0.232 e. The summed E-state index contributed by atoms with van der Waals surface area (Å²) in [6, 6.07) is 12.4. The van der Waals surface area contributed by atoms with Gasteiger partial charge in [0.25, 0.3) is 0 Å². The van der Waals surface area contributed by atoms with Gasteiger partial charge in [-0.2, -0.15) is 0 Å². The quantitative estimate of drug-likeness (QED) is 0.392. The van der Waals surface area contributed by atoms with E-state index in [9.17, 15) is 4.79 Å². The maximum absolute atomic E-state index is 12.5. The van der Waals surface area contributed by atoms with Crippen molar-refractivity contribution in [2.24, 2.45) is 0 Å². The highest BCUT2D eigenvalue weighted by Crippen LogP contribution is 2.36. The molecule has 4 nitrogen and oxygen atoms in total. The van der Waals surface area contributed by atoms with Crippen LogP contribution < -0.4 is 10.2 Å². The minimum atomic E-state index is -0.204. The molecule has 108 valence electrons. The number of aromatic nitrogens is 1. The molecular weight excluding hydrogens is 302 g/mol. The molecule has 0 saturated carbocycles. The van der Waals surface area contributed by atoms with E-state index >= 15 is 0 Å². The highest BCUT2D eigenvalue weighted by atomic mass is 35.5. The van der Waals surface area contributed by atoms with Crippen LogP contribution in [0.15, 0.2) is 51.7 Å². The molecule has 0 bridgehead atoms. The van der Waals surface area contributed by atoms with Gasteiger partial charge in [0.05, 0.1) is 7.11 Å². The lowest BCUT2D eigenvalue weighted by Crippen LogP contribution is -2.09. The average Bonchev–Trinajstić information content (AvgIpc) is 2.54. The standard InChI is InChI=1S/C17H10ClNO3/c1-21-17-15(20)11-5-3-2-4-10(11)14-16(17)22-13-7-6-9(18)8-12(13)19-14/h2-8H,1H3. The van der Waals surface area contributed by atoms with Gasteiger partial charge in [0.15, 0.2) is 11.3 Å². The largest absolute Gasteiger partial charge is 0.490 e. The first-order valence-corrected chi connectivity index (χ1v) is 7.05. The number of hydrogen-bond donors (Lipinski definition) is 0. The van der Waals surface area contributed by atoms with Crippen molar-refractivity contribution in [3.05, 3.63) is 57.7 Å². The summed E-state index contributed by atoms with van der Waals surface area (Å²) in [4.78, 5) is 17.1. The topological polar surface area (TPSA) is 52.3 Å². The lowest BCUT2D eigenvalue weighted by atomic mass is 10.0. The van der Waals surface area contributed by atoms with Crippen LogP contribution in [0.2, 0.25) is 5.02 Å². The molecule has 0 saturated heterocycles. The SMILES string of the molecule is COc1c2oc3ccc(Cl)cc3nc-2c2ccccc2c1=O. The Labute approximate surface area is 130 Å². The van der Waals surface area contributed by atoms with Crippen LogP contribution in [-0.2, 0) is 0 Å². The second kappa shape index (κ2) is 4.71. The maximum atomic E-state index is 12.5. The Morgan fingerprint density at radius 3 is 2.68 bits per heavy atom. The van der Waals surface area contributed by atoms with Gasteiger partial charge in [-0.25, -0.2) is 4.98 Å². The van der Waals surface area contributed by atoms with Crippen molar-refractivity contribution in [2.75, 3.05) is 7.11 Å². The number of methoxy groups -OCH3 is 1. The minimum Gasteiger partial charge on any atom is -0.490 e. The van der Waals surface area contributed by atoms with Crippen LogP contribution in [0, 0.1) is 0 Å². The van der Waals surface area contributed by atoms with E-state index in [1.54, 1.807) is 24.3 Å². The van der Waals surface area contributed by atoms with Crippen LogP contribution in [0.4, 0.5) is 0 Å². The summed E-state index contributed by atoms with van der Waals surface area (Å²) in [5.41, 5.74) is 1.56. The molecule has 1 aliphatic carbocycles. The molecule has 2 aromatic rings. The number of halogens is 1. The molecule has 22 heavy (non-hydrogen) atoms. The van der Waals surface area contributed by atoms with Crippen LogP contribution in [0.3, 0.4) is 0 Å². The second-order valence-corrected chi connectivity index (χ2v) is 5.35. The summed E-state index contributed by atoms with van der Waals surface area (Å²) in [6.07, 6.45) is 0. The zero-order valence-corrected chi connectivity index (χ0v) is 12.3. The molecule has 0 spiro atoms. The third-order valence-corrected chi connectivity index (χ3v) is 3.86. The summed E-state index contributed by atoms with van der Waals surface area (Å²) in [7, 11) is 1.45. The summed E-state index contributed by atoms with van der Waals surface area (Å²) in [5.74, 6) is 0.513. The zero-order valence-electron chi connectivity index (χ0n) is 11.6. The Balaban J connectivity index is 2.29. The van der Waals surface area contributed by atoms with Crippen LogP contribution in [0.5, 0.6) is 5.75 Å². The first-order valence-electron chi connectivity index (χ1n) is 6.68. The van der Waals surface area contributed by atoms with Crippen molar-refractivity contribution in [3.63, 3.8) is 0 Å². The fraction of sp³-hybridized carbons (Fsp3) is 0.0588. The molecule has 0 fully saturated rings. The monoisotopic (exact) mass is 311 g/mol. The molecule has 4 rings (SSSR count). The Hall–Kier alpha value is -2.59. The summed E-state index contributed by atoms with van der Waals surface area (Å²) >= 11 is 6.02. The van der Waals surface area contributed by atoms with Crippen molar-refractivity contribution < 1.29 is 9.15 Å². The summed E-state index contributed by atoms with van der Waals surface area (Å²) < 4.78 is 11.1. The van der Waals surface area contributed by atoms with E-state index in [-0.39, 0.29) is 11.2 Å². The van der Waals surface area contributed by atoms with Crippen molar-refractivity contribution in [3.8, 4) is 17.2 Å². The van der Waals surface area contributed by atoms with Crippen LogP contribution in [0.1, 0.15) is 0 Å². The number of fused-ring (bicyclic) bond motifs is 4. The van der Waals surface area contributed by atoms with Crippen LogP contribution in [0.25, 0.3) is 33.3 Å². The molecule has 0 radical (unpaired) electrons. The molecule has 0 N–H and O–H groups in total. The highest BCUT2D eigenvalue weighted by molar-refractivity contribution is 6.31. The van der Waals surface area contributed by atoms with Gasteiger partial charge in [-0.1, -0.05) is 35.9 Å². The Morgan fingerprint density at radius 1 is 1.14 bits per heavy atom. The van der Waals surface area contributed by atoms with E-state index in [0.717, 1.165) is 5.39 Å². The lowest BCUT2D eigenvalue weighted by Gasteiger charge is -2.12. The van der Waals surface area contributed by atoms with Gasteiger partial charge in [-0.05, 0) is 18.2 Å². The molecule has 1 aliphatic heterocycles. The van der Waals surface area contributed by atoms with Gasteiger partial charge in [0, 0.05) is 15.8 Å². The Morgan fingerprint density at radius 2 is 1.91 bits per heavy atom. The third-order valence-electron chi connectivity index (χ3n) is 3.62. The van der Waals surface area contributed by atoms with Crippen molar-refractivity contribution in [1.82, 2.24) is 4.98 Å². The molecular formula is C17H10ClNO3. The van der Waals surface area contributed by atoms with Gasteiger partial charge >= 0.3 is 0 Å². The number of ether oxygens (including phenoxy) is 1. The van der Waals surface area contributed by atoms with Gasteiger partial charge in [-0.15, -0.1) is 0 Å². The van der Waals surface area contributed by atoms with Gasteiger partial charge in [0.2, 0.25) is 11.2 Å². The third kappa shape index (κ3) is 1.77. The zero-order chi connectivity index (χ0) is 15.3. The number of hydrogen-bond acceptors (Lipinski definition) is 4. The van der Waals surface area contributed by atoms with E-state index in [1.165, 1.54) is 7.11 Å². The fourth-order valence-electron chi connectivity index (χ4n) is 2.63. The summed E-state index contributed by atoms with van der Waals surface area (Å²) in [5, 5.41) is 1.86. The Kier molecular flexibility index (Phi) is 2.81. The number of nitrogens with zero attached hydrogens (tertiary/aromatic N) is 1. The van der Waals surface area contributed by atoms with Gasteiger partial charge in [-0.3, -0.25) is 4.79 Å². The minimum absolute atomic E-state index is 0.165. The van der Waals surface area contributed by atoms with Crippen molar-refractivity contribution in [1.29, 1.82) is 0 Å². The lowest BCUT2D eigenvalue weighted by molar-refractivity contribution is 0.399. The average molecular weight is 312 g/mol. The molecule has 0 unspecified atom stereocenters. The van der Waals surface area contributed by atoms with E-state index < -0.39 is 0 Å². The van der Waals surface area contributed by atoms with Gasteiger partial charge in [0.1, 0.15) is 11.2 Å². The molecule has 5 heteroatoms. The Bertz CT molecular complexity index is 1050. The first kappa shape index (κ1) is 13.1. The smallest absolute Gasteiger partial charge is 0.232 e. The molecule has 2 aromatic carbocycles. The molecule has 0 atom stereocenters. The van der Waals surface area contributed by atoms with E-state index in [0.29, 0.717) is 33.0 Å². The molecule has 1 heterocycles. The molecule has 0 amide bonds. The van der Waals surface area contributed by atoms with Gasteiger partial charge < -0.3 is 9.15 Å². The van der Waals surface area contributed by atoms with Crippen molar-refractivity contribution in [2.45, 2.75) is 0 Å². The second-order valence-electron chi connectivity index (χ2n) is 4.91. The summed E-state index contributed by atoms with van der Waals surface area (Å²) in [6.45, 7) is 0. The van der Waals surface area contributed by atoms with Crippen LogP contribution in [-0.4, -0.2) is 12.1 Å².